The first-order chi connectivity index (χ1) is 16.0. The fourth-order valence-electron chi connectivity index (χ4n) is 4.47. The number of anilines is 1. The molecular formula is C24H25ClN6O2. The van der Waals surface area contributed by atoms with E-state index in [0.29, 0.717) is 46.9 Å². The van der Waals surface area contributed by atoms with Crippen LogP contribution in [-0.2, 0) is 0 Å². The number of hydrogen-bond acceptors (Lipinski definition) is 6. The van der Waals surface area contributed by atoms with E-state index in [1.807, 2.05) is 36.1 Å². The van der Waals surface area contributed by atoms with Crippen molar-refractivity contribution in [3.05, 3.63) is 64.9 Å². The number of fused-ring (bicyclic) bond motifs is 1. The molecule has 1 N–H and O–H groups in total. The van der Waals surface area contributed by atoms with Gasteiger partial charge >= 0.3 is 0 Å². The summed E-state index contributed by atoms with van der Waals surface area (Å²) in [6.45, 7) is 5.39. The molecule has 3 heterocycles. The molecule has 170 valence electrons. The maximum absolute atomic E-state index is 13.8. The van der Waals surface area contributed by atoms with Gasteiger partial charge in [-0.05, 0) is 49.9 Å². The van der Waals surface area contributed by atoms with Gasteiger partial charge in [0.25, 0.3) is 11.9 Å². The SMILES string of the molecule is Cc1ccc(-n2nccn2)c(C(=O)N2CCCC(C)C2CNc2nc3ccc(Cl)cc3o2)c1. The molecule has 0 saturated carbocycles. The highest BCUT2D eigenvalue weighted by molar-refractivity contribution is 6.31. The van der Waals surface area contributed by atoms with E-state index in [-0.39, 0.29) is 11.9 Å². The van der Waals surface area contributed by atoms with Gasteiger partial charge in [-0.2, -0.15) is 20.0 Å². The third-order valence-electron chi connectivity index (χ3n) is 6.21. The lowest BCUT2D eigenvalue weighted by Gasteiger charge is -2.40. The second-order valence-corrected chi connectivity index (χ2v) is 8.97. The van der Waals surface area contributed by atoms with Crippen LogP contribution >= 0.6 is 11.6 Å². The summed E-state index contributed by atoms with van der Waals surface area (Å²) in [5, 5.41) is 12.4. The van der Waals surface area contributed by atoms with Crippen LogP contribution in [0.3, 0.4) is 0 Å². The Hall–Kier alpha value is -3.39. The van der Waals surface area contributed by atoms with Gasteiger partial charge in [-0.15, -0.1) is 0 Å². The van der Waals surface area contributed by atoms with Crippen LogP contribution in [0.1, 0.15) is 35.7 Å². The number of nitrogens with one attached hydrogen (secondary N) is 1. The van der Waals surface area contributed by atoms with Crippen LogP contribution in [0.25, 0.3) is 16.8 Å². The molecule has 1 fully saturated rings. The Morgan fingerprint density at radius 3 is 2.85 bits per heavy atom. The number of piperidine rings is 1. The summed E-state index contributed by atoms with van der Waals surface area (Å²) in [7, 11) is 0. The highest BCUT2D eigenvalue weighted by Gasteiger charge is 2.33. The molecule has 0 bridgehead atoms. The number of amides is 1. The Morgan fingerprint density at radius 2 is 2.03 bits per heavy atom. The molecule has 0 spiro atoms. The summed E-state index contributed by atoms with van der Waals surface area (Å²) in [5.74, 6) is 0.304. The Bertz CT molecular complexity index is 1290. The van der Waals surface area contributed by atoms with Crippen LogP contribution < -0.4 is 5.32 Å². The number of oxazole rings is 1. The molecule has 8 nitrogen and oxygen atoms in total. The van der Waals surface area contributed by atoms with Crippen LogP contribution in [0.2, 0.25) is 5.02 Å². The van der Waals surface area contributed by atoms with Crippen LogP contribution in [0, 0.1) is 12.8 Å². The van der Waals surface area contributed by atoms with Gasteiger partial charge in [0.2, 0.25) is 0 Å². The van der Waals surface area contributed by atoms with Crippen LogP contribution in [0.15, 0.2) is 53.2 Å². The molecule has 2 aromatic heterocycles. The maximum atomic E-state index is 13.8. The molecule has 1 aliphatic rings. The van der Waals surface area contributed by atoms with Crippen LogP contribution in [-0.4, -0.2) is 49.9 Å². The van der Waals surface area contributed by atoms with Crippen molar-refractivity contribution < 1.29 is 9.21 Å². The summed E-state index contributed by atoms with van der Waals surface area (Å²) >= 11 is 6.06. The normalized spacial score (nSPS) is 18.6. The van der Waals surface area contributed by atoms with Crippen LogP contribution in [0.5, 0.6) is 0 Å². The second kappa shape index (κ2) is 8.86. The Kier molecular flexibility index (Phi) is 5.76. The number of likely N-dealkylation sites (tertiary alicyclic amines) is 1. The van der Waals surface area contributed by atoms with Gasteiger partial charge in [-0.1, -0.05) is 30.2 Å². The van der Waals surface area contributed by atoms with Gasteiger partial charge < -0.3 is 14.6 Å². The number of aryl methyl sites for hydroxylation is 1. The standard InChI is InChI=1S/C24H25ClN6O2/c1-15-5-8-20(31-27-9-10-28-31)18(12-15)23(32)30-11-3-4-16(2)21(30)14-26-24-29-19-7-6-17(25)13-22(19)33-24/h5-10,12-13,16,21H,3-4,11,14H2,1-2H3,(H,26,29). The molecule has 1 amide bonds. The van der Waals surface area contributed by atoms with Crippen molar-refractivity contribution >= 4 is 34.6 Å². The van der Waals surface area contributed by atoms with Gasteiger partial charge in [-0.3, -0.25) is 4.79 Å². The van der Waals surface area contributed by atoms with Crippen molar-refractivity contribution in [1.29, 1.82) is 0 Å². The van der Waals surface area contributed by atoms with Crippen molar-refractivity contribution in [2.45, 2.75) is 32.7 Å². The molecule has 5 rings (SSSR count). The van der Waals surface area contributed by atoms with Gasteiger partial charge in [0, 0.05) is 24.2 Å². The Balaban J connectivity index is 1.40. The van der Waals surface area contributed by atoms with Crippen molar-refractivity contribution in [2.75, 3.05) is 18.4 Å². The van der Waals surface area contributed by atoms with E-state index >= 15 is 0 Å². The maximum Gasteiger partial charge on any atom is 0.295 e. The first kappa shape index (κ1) is 21.5. The average Bonchev–Trinajstić information content (AvgIpc) is 3.47. The van der Waals surface area contributed by atoms with Gasteiger partial charge in [-0.25, -0.2) is 0 Å². The van der Waals surface area contributed by atoms with Crippen molar-refractivity contribution in [3.63, 3.8) is 0 Å². The van der Waals surface area contributed by atoms with E-state index in [4.69, 9.17) is 16.0 Å². The van der Waals surface area contributed by atoms with E-state index in [0.717, 1.165) is 23.9 Å². The van der Waals surface area contributed by atoms with Crippen LogP contribution in [0.4, 0.5) is 6.01 Å². The van der Waals surface area contributed by atoms with Gasteiger partial charge in [0.15, 0.2) is 5.58 Å². The summed E-state index contributed by atoms with van der Waals surface area (Å²) in [4.78, 5) is 21.7. The molecule has 2 atom stereocenters. The van der Waals surface area contributed by atoms with E-state index in [9.17, 15) is 4.79 Å². The Labute approximate surface area is 196 Å². The first-order valence-electron chi connectivity index (χ1n) is 11.1. The van der Waals surface area contributed by atoms with Gasteiger partial charge in [0.1, 0.15) is 5.52 Å². The topological polar surface area (TPSA) is 89.1 Å². The third-order valence-corrected chi connectivity index (χ3v) is 6.44. The van der Waals surface area contributed by atoms with Crippen molar-refractivity contribution in [2.24, 2.45) is 5.92 Å². The average molecular weight is 465 g/mol. The van der Waals surface area contributed by atoms with E-state index < -0.39 is 0 Å². The van der Waals surface area contributed by atoms with Crippen molar-refractivity contribution in [1.82, 2.24) is 24.9 Å². The zero-order valence-electron chi connectivity index (χ0n) is 18.5. The predicted octanol–water partition coefficient (Wildman–Crippen LogP) is 4.72. The minimum atomic E-state index is -0.0197. The first-order valence-corrected chi connectivity index (χ1v) is 11.5. The van der Waals surface area contributed by atoms with Gasteiger partial charge in [0.05, 0.1) is 29.7 Å². The number of rotatable bonds is 5. The lowest BCUT2D eigenvalue weighted by Crippen LogP contribution is -2.51. The minimum Gasteiger partial charge on any atom is -0.424 e. The number of halogens is 1. The molecule has 2 aromatic carbocycles. The number of carbonyl (C=O) groups excluding carboxylic acids is 1. The molecular weight excluding hydrogens is 440 g/mol. The molecule has 33 heavy (non-hydrogen) atoms. The highest BCUT2D eigenvalue weighted by Crippen LogP contribution is 2.28. The zero-order valence-corrected chi connectivity index (χ0v) is 19.3. The highest BCUT2D eigenvalue weighted by atomic mass is 35.5. The smallest absolute Gasteiger partial charge is 0.295 e. The predicted molar refractivity (Wildman–Crippen MR) is 127 cm³/mol. The molecule has 0 radical (unpaired) electrons. The number of aromatic nitrogens is 4. The fourth-order valence-corrected chi connectivity index (χ4v) is 4.63. The summed E-state index contributed by atoms with van der Waals surface area (Å²) < 4.78 is 5.81. The molecule has 4 aromatic rings. The fraction of sp³-hybridized carbons (Fsp3) is 0.333. The molecule has 9 heteroatoms. The summed E-state index contributed by atoms with van der Waals surface area (Å²) in [6.07, 6.45) is 5.24. The quantitative estimate of drug-likeness (QED) is 0.459. The lowest BCUT2D eigenvalue weighted by molar-refractivity contribution is 0.0539. The van der Waals surface area contributed by atoms with E-state index in [1.54, 1.807) is 24.5 Å². The van der Waals surface area contributed by atoms with E-state index in [2.05, 4.69) is 27.4 Å². The third kappa shape index (κ3) is 4.30. The monoisotopic (exact) mass is 464 g/mol. The summed E-state index contributed by atoms with van der Waals surface area (Å²) in [6, 6.07) is 11.5. The zero-order chi connectivity index (χ0) is 22.9. The largest absolute Gasteiger partial charge is 0.424 e. The van der Waals surface area contributed by atoms with Crippen molar-refractivity contribution in [3.8, 4) is 5.69 Å². The summed E-state index contributed by atoms with van der Waals surface area (Å²) in [5.41, 5.74) is 3.66. The lowest BCUT2D eigenvalue weighted by atomic mass is 9.90. The van der Waals surface area contributed by atoms with E-state index in [1.165, 1.54) is 4.80 Å². The molecule has 1 aliphatic heterocycles. The Morgan fingerprint density at radius 1 is 1.21 bits per heavy atom. The number of carbonyl (C=O) groups is 1. The second-order valence-electron chi connectivity index (χ2n) is 8.54. The number of hydrogen-bond donors (Lipinski definition) is 1. The molecule has 2 unspecified atom stereocenters. The molecule has 1 saturated heterocycles. The number of nitrogens with zero attached hydrogens (tertiary/aromatic N) is 5. The minimum absolute atomic E-state index is 0.0104. The number of benzene rings is 2. The molecule has 0 aliphatic carbocycles.